The van der Waals surface area contributed by atoms with E-state index in [4.69, 9.17) is 16.3 Å². The number of hydrogen-bond donors (Lipinski definition) is 0. The molecule has 3 aromatic rings. The van der Waals surface area contributed by atoms with Gasteiger partial charge in [-0.05, 0) is 55.3 Å². The smallest absolute Gasteiger partial charge is 0.348 e. The lowest BCUT2D eigenvalue weighted by molar-refractivity contribution is 0.0514. The van der Waals surface area contributed by atoms with E-state index < -0.39 is 0 Å². The first-order valence-electron chi connectivity index (χ1n) is 10.5. The van der Waals surface area contributed by atoms with Gasteiger partial charge >= 0.3 is 5.97 Å². The predicted molar refractivity (Wildman–Crippen MR) is 123 cm³/mol. The molecule has 0 saturated carbocycles. The summed E-state index contributed by atoms with van der Waals surface area (Å²) in [6.45, 7) is 5.46. The molecule has 1 fully saturated rings. The number of carbonyl (C=O) groups is 1. The number of esters is 1. The summed E-state index contributed by atoms with van der Waals surface area (Å²) in [7, 11) is 0. The molecule has 0 N–H and O–H groups in total. The SMILES string of the molecule is CCC1CCCCN1c1nc(Cl)nc2sc(C(=O)OCCc3ccccc3)c(C)c12. The molecule has 0 amide bonds. The highest BCUT2D eigenvalue weighted by molar-refractivity contribution is 7.20. The van der Waals surface area contributed by atoms with Gasteiger partial charge in [-0.1, -0.05) is 37.3 Å². The first-order valence-corrected chi connectivity index (χ1v) is 11.7. The van der Waals surface area contributed by atoms with Crippen LogP contribution < -0.4 is 4.90 Å². The maximum absolute atomic E-state index is 12.8. The van der Waals surface area contributed by atoms with Crippen molar-refractivity contribution >= 4 is 44.9 Å². The van der Waals surface area contributed by atoms with Crippen molar-refractivity contribution in [3.63, 3.8) is 0 Å². The zero-order valence-electron chi connectivity index (χ0n) is 17.4. The molecule has 0 spiro atoms. The molecule has 1 aliphatic rings. The van der Waals surface area contributed by atoms with Gasteiger partial charge in [0.2, 0.25) is 5.28 Å². The fourth-order valence-corrected chi connectivity index (χ4v) is 5.45. The molecule has 1 atom stereocenters. The van der Waals surface area contributed by atoms with Gasteiger partial charge in [-0.25, -0.2) is 9.78 Å². The van der Waals surface area contributed by atoms with E-state index in [-0.39, 0.29) is 11.3 Å². The van der Waals surface area contributed by atoms with Crippen LogP contribution in [0.25, 0.3) is 10.2 Å². The van der Waals surface area contributed by atoms with Gasteiger partial charge in [-0.3, -0.25) is 0 Å². The summed E-state index contributed by atoms with van der Waals surface area (Å²) in [5.41, 5.74) is 2.03. The molecule has 1 aliphatic heterocycles. The van der Waals surface area contributed by atoms with Gasteiger partial charge in [0.05, 0.1) is 12.0 Å². The Kier molecular flexibility index (Phi) is 6.54. The molecule has 5 nitrogen and oxygen atoms in total. The van der Waals surface area contributed by atoms with E-state index in [1.165, 1.54) is 17.8 Å². The predicted octanol–water partition coefficient (Wildman–Crippen LogP) is 5.82. The lowest BCUT2D eigenvalue weighted by Gasteiger charge is -2.36. The second-order valence-electron chi connectivity index (χ2n) is 7.68. The molecule has 0 bridgehead atoms. The van der Waals surface area contributed by atoms with Crippen LogP contribution in [0.4, 0.5) is 5.82 Å². The number of fused-ring (bicyclic) bond motifs is 1. The summed E-state index contributed by atoms with van der Waals surface area (Å²) in [6.07, 6.45) is 5.27. The average Bonchev–Trinajstić information content (AvgIpc) is 3.10. The number of piperidine rings is 1. The quantitative estimate of drug-likeness (QED) is 0.354. The zero-order valence-corrected chi connectivity index (χ0v) is 18.9. The normalized spacial score (nSPS) is 16.8. The number of rotatable bonds is 6. The standard InChI is InChI=1S/C23H26ClN3O2S/c1-3-17-11-7-8-13-27(17)20-18-15(2)19(30-21(18)26-23(24)25-20)22(28)29-14-12-16-9-5-4-6-10-16/h4-6,9-10,17H,3,7-8,11-14H2,1-2H3. The van der Waals surface area contributed by atoms with E-state index in [1.54, 1.807) is 0 Å². The third-order valence-electron chi connectivity index (χ3n) is 5.77. The Labute approximate surface area is 186 Å². The van der Waals surface area contributed by atoms with Crippen LogP contribution in [0.5, 0.6) is 0 Å². The summed E-state index contributed by atoms with van der Waals surface area (Å²) < 4.78 is 5.58. The fourth-order valence-electron chi connectivity index (χ4n) is 4.17. The van der Waals surface area contributed by atoms with Crippen LogP contribution >= 0.6 is 22.9 Å². The molecule has 1 unspecified atom stereocenters. The molecule has 1 aromatic carbocycles. The Morgan fingerprint density at radius 1 is 1.27 bits per heavy atom. The summed E-state index contributed by atoms with van der Waals surface area (Å²) in [5, 5.41) is 1.16. The molecular formula is C23H26ClN3O2S. The minimum Gasteiger partial charge on any atom is -0.461 e. The van der Waals surface area contributed by atoms with Gasteiger partial charge in [0.25, 0.3) is 0 Å². The van der Waals surface area contributed by atoms with Crippen LogP contribution in [0.15, 0.2) is 30.3 Å². The number of benzene rings is 1. The van der Waals surface area contributed by atoms with Crippen molar-refractivity contribution in [2.45, 2.75) is 52.0 Å². The van der Waals surface area contributed by atoms with E-state index in [0.717, 1.165) is 53.0 Å². The first kappa shape index (κ1) is 21.1. The number of aromatic nitrogens is 2. The van der Waals surface area contributed by atoms with Crippen LogP contribution in [-0.4, -0.2) is 35.1 Å². The number of hydrogen-bond acceptors (Lipinski definition) is 6. The van der Waals surface area contributed by atoms with Gasteiger partial charge < -0.3 is 9.64 Å². The molecule has 30 heavy (non-hydrogen) atoms. The Hall–Kier alpha value is -2.18. The number of anilines is 1. The number of halogens is 1. The molecule has 4 rings (SSSR count). The van der Waals surface area contributed by atoms with Crippen LogP contribution in [0.1, 0.15) is 53.4 Å². The van der Waals surface area contributed by atoms with Gasteiger partial charge in [0.15, 0.2) is 0 Å². The third kappa shape index (κ3) is 4.30. The van der Waals surface area contributed by atoms with Crippen LogP contribution in [0.3, 0.4) is 0 Å². The van der Waals surface area contributed by atoms with Crippen molar-refractivity contribution < 1.29 is 9.53 Å². The summed E-state index contributed by atoms with van der Waals surface area (Å²) in [4.78, 5) is 25.5. The van der Waals surface area contributed by atoms with Gasteiger partial charge in [-0.2, -0.15) is 4.98 Å². The molecule has 0 radical (unpaired) electrons. The molecule has 158 valence electrons. The minimum atomic E-state index is -0.306. The van der Waals surface area contributed by atoms with Gasteiger partial charge in [-0.15, -0.1) is 11.3 Å². The van der Waals surface area contributed by atoms with E-state index in [9.17, 15) is 4.79 Å². The van der Waals surface area contributed by atoms with Crippen LogP contribution in [0.2, 0.25) is 5.28 Å². The second-order valence-corrected chi connectivity index (χ2v) is 9.01. The number of carbonyl (C=O) groups excluding carboxylic acids is 1. The monoisotopic (exact) mass is 443 g/mol. The Balaban J connectivity index is 1.60. The van der Waals surface area contributed by atoms with E-state index in [0.29, 0.717) is 23.9 Å². The number of aryl methyl sites for hydroxylation is 1. The topological polar surface area (TPSA) is 55.3 Å². The molecular weight excluding hydrogens is 418 g/mol. The van der Waals surface area contributed by atoms with Gasteiger partial charge in [0.1, 0.15) is 15.5 Å². The van der Waals surface area contributed by atoms with Crippen molar-refractivity contribution in [2.24, 2.45) is 0 Å². The highest BCUT2D eigenvalue weighted by atomic mass is 35.5. The number of thiophene rings is 1. The van der Waals surface area contributed by atoms with Crippen molar-refractivity contribution in [1.29, 1.82) is 0 Å². The average molecular weight is 444 g/mol. The molecule has 2 aromatic heterocycles. The van der Waals surface area contributed by atoms with E-state index in [1.807, 2.05) is 37.3 Å². The van der Waals surface area contributed by atoms with Crippen molar-refractivity contribution in [2.75, 3.05) is 18.1 Å². The fraction of sp³-hybridized carbons (Fsp3) is 0.435. The number of nitrogens with zero attached hydrogens (tertiary/aromatic N) is 3. The Morgan fingerprint density at radius 2 is 2.07 bits per heavy atom. The van der Waals surface area contributed by atoms with Gasteiger partial charge in [0, 0.05) is 19.0 Å². The van der Waals surface area contributed by atoms with Crippen molar-refractivity contribution in [3.8, 4) is 0 Å². The van der Waals surface area contributed by atoms with Crippen LogP contribution in [-0.2, 0) is 11.2 Å². The summed E-state index contributed by atoms with van der Waals surface area (Å²) in [6, 6.07) is 10.5. The maximum atomic E-state index is 12.8. The van der Waals surface area contributed by atoms with Crippen molar-refractivity contribution in [3.05, 3.63) is 51.6 Å². The highest BCUT2D eigenvalue weighted by Crippen LogP contribution is 2.38. The molecule has 1 saturated heterocycles. The summed E-state index contributed by atoms with van der Waals surface area (Å²) >= 11 is 7.61. The largest absolute Gasteiger partial charge is 0.461 e. The Bertz CT molecular complexity index is 1040. The maximum Gasteiger partial charge on any atom is 0.348 e. The summed E-state index contributed by atoms with van der Waals surface area (Å²) in [5.74, 6) is 0.549. The minimum absolute atomic E-state index is 0.225. The molecule has 7 heteroatoms. The molecule has 0 aliphatic carbocycles. The second kappa shape index (κ2) is 9.31. The van der Waals surface area contributed by atoms with E-state index >= 15 is 0 Å². The third-order valence-corrected chi connectivity index (χ3v) is 7.10. The van der Waals surface area contributed by atoms with Crippen LogP contribution in [0, 0.1) is 6.92 Å². The lowest BCUT2D eigenvalue weighted by atomic mass is 9.99. The highest BCUT2D eigenvalue weighted by Gasteiger charge is 2.28. The zero-order chi connectivity index (χ0) is 21.1. The first-order chi connectivity index (χ1) is 14.6. The molecule has 3 heterocycles. The van der Waals surface area contributed by atoms with Crippen molar-refractivity contribution in [1.82, 2.24) is 9.97 Å². The number of ether oxygens (including phenoxy) is 1. The Morgan fingerprint density at radius 3 is 2.83 bits per heavy atom. The van der Waals surface area contributed by atoms with E-state index in [2.05, 4.69) is 21.8 Å². The lowest BCUT2D eigenvalue weighted by Crippen LogP contribution is -2.39.